The maximum atomic E-state index is 10.8. The van der Waals surface area contributed by atoms with Gasteiger partial charge in [-0.2, -0.15) is 0 Å². The van der Waals surface area contributed by atoms with Crippen LogP contribution in [0.1, 0.15) is 112 Å². The van der Waals surface area contributed by atoms with Gasteiger partial charge in [0, 0.05) is 6.61 Å². The highest BCUT2D eigenvalue weighted by molar-refractivity contribution is 4.85. The minimum atomic E-state index is -0.166. The van der Waals surface area contributed by atoms with E-state index in [0.29, 0.717) is 6.61 Å². The van der Waals surface area contributed by atoms with Crippen LogP contribution in [-0.4, -0.2) is 22.9 Å². The van der Waals surface area contributed by atoms with Crippen molar-refractivity contribution < 1.29 is 10.2 Å². The van der Waals surface area contributed by atoms with Crippen molar-refractivity contribution in [2.75, 3.05) is 6.61 Å². The van der Waals surface area contributed by atoms with Gasteiger partial charge in [0.1, 0.15) is 0 Å². The van der Waals surface area contributed by atoms with Crippen LogP contribution in [0.15, 0.2) is 0 Å². The summed E-state index contributed by atoms with van der Waals surface area (Å²) < 4.78 is 0. The molecule has 0 aliphatic rings. The average molecular weight is 329 g/mol. The van der Waals surface area contributed by atoms with Gasteiger partial charge < -0.3 is 10.2 Å². The van der Waals surface area contributed by atoms with Crippen molar-refractivity contribution in [2.24, 2.45) is 10.8 Å². The summed E-state index contributed by atoms with van der Waals surface area (Å²) in [7, 11) is 0. The predicted octanol–water partition coefficient (Wildman–Crippen LogP) is 6.09. The number of unbranched alkanes of at least 4 members (excludes halogenated alkanes) is 3. The Labute approximate surface area is 146 Å². The van der Waals surface area contributed by atoms with Crippen LogP contribution in [-0.2, 0) is 0 Å². The highest BCUT2D eigenvalue weighted by atomic mass is 16.3. The van der Waals surface area contributed by atoms with Gasteiger partial charge in [-0.3, -0.25) is 0 Å². The van der Waals surface area contributed by atoms with E-state index in [-0.39, 0.29) is 16.9 Å². The monoisotopic (exact) mass is 328 g/mol. The lowest BCUT2D eigenvalue weighted by Crippen LogP contribution is -2.34. The molecule has 0 aromatic rings. The SMILES string of the molecule is CCCCCC(CC)(CC)C(O)CCCCC(CC)(CC)CO. The summed E-state index contributed by atoms with van der Waals surface area (Å²) in [6.45, 7) is 11.4. The molecular weight excluding hydrogens is 284 g/mol. The molecule has 1 unspecified atom stereocenters. The highest BCUT2D eigenvalue weighted by Crippen LogP contribution is 2.39. The summed E-state index contributed by atoms with van der Waals surface area (Å²) in [6.07, 6.45) is 13.2. The van der Waals surface area contributed by atoms with E-state index in [1.165, 1.54) is 25.7 Å². The summed E-state index contributed by atoms with van der Waals surface area (Å²) in [5.41, 5.74) is 0.234. The molecular formula is C21H44O2. The maximum Gasteiger partial charge on any atom is 0.0596 e. The van der Waals surface area contributed by atoms with E-state index in [4.69, 9.17) is 0 Å². The van der Waals surface area contributed by atoms with E-state index in [9.17, 15) is 10.2 Å². The van der Waals surface area contributed by atoms with E-state index in [0.717, 1.165) is 51.4 Å². The number of rotatable bonds is 15. The van der Waals surface area contributed by atoms with Crippen LogP contribution >= 0.6 is 0 Å². The molecule has 0 saturated carbocycles. The summed E-state index contributed by atoms with van der Waals surface area (Å²) in [5.74, 6) is 0. The van der Waals surface area contributed by atoms with Crippen molar-refractivity contribution in [1.29, 1.82) is 0 Å². The normalized spacial score (nSPS) is 14.2. The van der Waals surface area contributed by atoms with Crippen molar-refractivity contribution in [1.82, 2.24) is 0 Å². The molecule has 0 spiro atoms. The standard InChI is InChI=1S/C21H44O2/c1-6-11-13-17-21(9-4,10-5)19(23)15-12-14-16-20(7-2,8-3)18-22/h19,22-23H,6-18H2,1-5H3. The molecule has 2 N–H and O–H groups in total. The number of aliphatic hydroxyl groups excluding tert-OH is 2. The van der Waals surface area contributed by atoms with Gasteiger partial charge in [-0.1, -0.05) is 66.7 Å². The Kier molecular flexibility index (Phi) is 12.3. The van der Waals surface area contributed by atoms with Gasteiger partial charge >= 0.3 is 0 Å². The summed E-state index contributed by atoms with van der Waals surface area (Å²) in [5, 5.41) is 20.5. The smallest absolute Gasteiger partial charge is 0.0596 e. The van der Waals surface area contributed by atoms with Crippen molar-refractivity contribution in [3.05, 3.63) is 0 Å². The quantitative estimate of drug-likeness (QED) is 0.357. The molecule has 2 heteroatoms. The van der Waals surface area contributed by atoms with Crippen LogP contribution in [0.25, 0.3) is 0 Å². The molecule has 2 nitrogen and oxygen atoms in total. The molecule has 0 aromatic heterocycles. The molecule has 0 saturated heterocycles. The first kappa shape index (κ1) is 22.9. The summed E-state index contributed by atoms with van der Waals surface area (Å²) in [6, 6.07) is 0. The van der Waals surface area contributed by atoms with Crippen molar-refractivity contribution >= 4 is 0 Å². The second kappa shape index (κ2) is 12.3. The molecule has 0 radical (unpaired) electrons. The largest absolute Gasteiger partial charge is 0.396 e. The molecule has 23 heavy (non-hydrogen) atoms. The third-order valence-corrected chi connectivity index (χ3v) is 6.66. The molecule has 0 aliphatic carbocycles. The van der Waals surface area contributed by atoms with Gasteiger partial charge in [0.2, 0.25) is 0 Å². The van der Waals surface area contributed by atoms with Gasteiger partial charge in [-0.25, -0.2) is 0 Å². The molecule has 0 amide bonds. The van der Waals surface area contributed by atoms with Crippen LogP contribution in [0.3, 0.4) is 0 Å². The second-order valence-corrected chi connectivity index (χ2v) is 7.65. The minimum Gasteiger partial charge on any atom is -0.396 e. The fourth-order valence-electron chi connectivity index (χ4n) is 4.02. The Morgan fingerprint density at radius 1 is 0.739 bits per heavy atom. The van der Waals surface area contributed by atoms with Gasteiger partial charge in [0.05, 0.1) is 6.10 Å². The van der Waals surface area contributed by atoms with Crippen molar-refractivity contribution in [2.45, 2.75) is 118 Å². The second-order valence-electron chi connectivity index (χ2n) is 7.65. The van der Waals surface area contributed by atoms with Crippen molar-refractivity contribution in [3.63, 3.8) is 0 Å². The van der Waals surface area contributed by atoms with Crippen LogP contribution in [0, 0.1) is 10.8 Å². The molecule has 0 fully saturated rings. The van der Waals surface area contributed by atoms with E-state index in [1.807, 2.05) is 0 Å². The summed E-state index contributed by atoms with van der Waals surface area (Å²) >= 11 is 0. The van der Waals surface area contributed by atoms with Gasteiger partial charge in [-0.15, -0.1) is 0 Å². The lowest BCUT2D eigenvalue weighted by atomic mass is 9.71. The predicted molar refractivity (Wildman–Crippen MR) is 102 cm³/mol. The van der Waals surface area contributed by atoms with Gasteiger partial charge in [-0.05, 0) is 55.8 Å². The first-order valence-corrected chi connectivity index (χ1v) is 10.3. The molecule has 140 valence electrons. The first-order valence-electron chi connectivity index (χ1n) is 10.3. The third kappa shape index (κ3) is 7.13. The molecule has 1 atom stereocenters. The molecule has 0 heterocycles. The van der Waals surface area contributed by atoms with E-state index in [2.05, 4.69) is 34.6 Å². The van der Waals surface area contributed by atoms with Gasteiger partial charge in [0.25, 0.3) is 0 Å². The Morgan fingerprint density at radius 3 is 1.74 bits per heavy atom. The van der Waals surface area contributed by atoms with Crippen molar-refractivity contribution in [3.8, 4) is 0 Å². The fourth-order valence-corrected chi connectivity index (χ4v) is 4.02. The van der Waals surface area contributed by atoms with Crippen LogP contribution < -0.4 is 0 Å². The van der Waals surface area contributed by atoms with Crippen LogP contribution in [0.2, 0.25) is 0 Å². The third-order valence-electron chi connectivity index (χ3n) is 6.66. The fraction of sp³-hybridized carbons (Fsp3) is 1.00. The zero-order valence-corrected chi connectivity index (χ0v) is 16.7. The highest BCUT2D eigenvalue weighted by Gasteiger charge is 2.33. The average Bonchev–Trinajstić information content (AvgIpc) is 2.60. The molecule has 0 bridgehead atoms. The topological polar surface area (TPSA) is 40.5 Å². The number of aliphatic hydroxyl groups is 2. The zero-order chi connectivity index (χ0) is 17.8. The maximum absolute atomic E-state index is 10.8. The van der Waals surface area contributed by atoms with Crippen LogP contribution in [0.4, 0.5) is 0 Å². The zero-order valence-electron chi connectivity index (χ0n) is 16.7. The lowest BCUT2D eigenvalue weighted by Gasteiger charge is -2.37. The number of hydrogen-bond acceptors (Lipinski definition) is 2. The molecule has 0 aliphatic heterocycles. The molecule has 0 aromatic carbocycles. The minimum absolute atomic E-state index is 0.110. The number of hydrogen-bond donors (Lipinski definition) is 2. The Bertz CT molecular complexity index is 259. The van der Waals surface area contributed by atoms with Gasteiger partial charge in [0.15, 0.2) is 0 Å². The van der Waals surface area contributed by atoms with E-state index in [1.54, 1.807) is 0 Å². The Morgan fingerprint density at radius 2 is 1.30 bits per heavy atom. The lowest BCUT2D eigenvalue weighted by molar-refractivity contribution is 0.000344. The summed E-state index contributed by atoms with van der Waals surface area (Å²) in [4.78, 5) is 0. The van der Waals surface area contributed by atoms with E-state index >= 15 is 0 Å². The Hall–Kier alpha value is -0.0800. The van der Waals surface area contributed by atoms with E-state index < -0.39 is 0 Å². The first-order chi connectivity index (χ1) is 11.0. The molecule has 0 rings (SSSR count). The Balaban J connectivity index is 4.39. The van der Waals surface area contributed by atoms with Crippen LogP contribution in [0.5, 0.6) is 0 Å².